The Labute approximate surface area is 111 Å². The molecule has 1 amide bonds. The van der Waals surface area contributed by atoms with Crippen LogP contribution in [-0.2, 0) is 0 Å². The van der Waals surface area contributed by atoms with Gasteiger partial charge in [-0.25, -0.2) is 4.39 Å². The number of amides is 1. The van der Waals surface area contributed by atoms with Gasteiger partial charge in [0.25, 0.3) is 11.6 Å². The van der Waals surface area contributed by atoms with E-state index in [1.807, 2.05) is 20.8 Å². The normalized spacial score (nSPS) is 12.9. The largest absolute Gasteiger partial charge is 0.349 e. The summed E-state index contributed by atoms with van der Waals surface area (Å²) in [5, 5.41) is 13.5. The number of carbonyl (C=O) groups is 1. The first-order valence-electron chi connectivity index (χ1n) is 5.87. The van der Waals surface area contributed by atoms with Crippen LogP contribution in [0.3, 0.4) is 0 Å². The van der Waals surface area contributed by atoms with Crippen LogP contribution in [-0.4, -0.2) is 16.9 Å². The summed E-state index contributed by atoms with van der Waals surface area (Å²) in [6.07, 6.45) is 0. The number of benzene rings is 1. The molecule has 0 aliphatic carbocycles. The van der Waals surface area contributed by atoms with E-state index in [-0.39, 0.29) is 17.0 Å². The number of hydrogen-bond donors (Lipinski definition) is 1. The lowest BCUT2D eigenvalue weighted by molar-refractivity contribution is -0.385. The van der Waals surface area contributed by atoms with E-state index in [1.165, 1.54) is 0 Å². The Morgan fingerprint density at radius 1 is 1.42 bits per heavy atom. The van der Waals surface area contributed by atoms with Crippen molar-refractivity contribution in [2.24, 2.45) is 5.41 Å². The maximum atomic E-state index is 13.1. The molecular formula is C13H17FN2O3. The first kappa shape index (κ1) is 15.1. The molecule has 0 saturated heterocycles. The van der Waals surface area contributed by atoms with Crippen molar-refractivity contribution in [3.63, 3.8) is 0 Å². The minimum absolute atomic E-state index is 0.197. The zero-order chi connectivity index (χ0) is 14.8. The Hall–Kier alpha value is -1.98. The Bertz CT molecular complexity index is 509. The van der Waals surface area contributed by atoms with Gasteiger partial charge in [-0.1, -0.05) is 20.8 Å². The summed E-state index contributed by atoms with van der Waals surface area (Å²) >= 11 is 0. The second kappa shape index (κ2) is 5.34. The molecule has 1 rings (SSSR count). The second-order valence-electron chi connectivity index (χ2n) is 5.48. The van der Waals surface area contributed by atoms with Crippen LogP contribution in [0.1, 0.15) is 38.1 Å². The number of nitro groups is 1. The molecule has 5 nitrogen and oxygen atoms in total. The zero-order valence-corrected chi connectivity index (χ0v) is 11.4. The van der Waals surface area contributed by atoms with E-state index in [0.29, 0.717) is 0 Å². The lowest BCUT2D eigenvalue weighted by Gasteiger charge is -2.28. The number of rotatable bonds is 3. The van der Waals surface area contributed by atoms with Crippen molar-refractivity contribution in [1.82, 2.24) is 5.32 Å². The number of hydrogen-bond acceptors (Lipinski definition) is 3. The van der Waals surface area contributed by atoms with Gasteiger partial charge in [0.05, 0.1) is 4.92 Å². The summed E-state index contributed by atoms with van der Waals surface area (Å²) in [5.74, 6) is -1.33. The SMILES string of the molecule is CC(NC(=O)c1cc(F)ccc1[N+](=O)[O-])C(C)(C)C. The van der Waals surface area contributed by atoms with Gasteiger partial charge in [-0.3, -0.25) is 14.9 Å². The van der Waals surface area contributed by atoms with Gasteiger partial charge in [-0.05, 0) is 24.5 Å². The zero-order valence-electron chi connectivity index (χ0n) is 11.4. The molecule has 0 bridgehead atoms. The van der Waals surface area contributed by atoms with Gasteiger partial charge in [-0.15, -0.1) is 0 Å². The van der Waals surface area contributed by atoms with Crippen LogP contribution in [0.2, 0.25) is 0 Å². The van der Waals surface area contributed by atoms with Crippen LogP contribution in [0.15, 0.2) is 18.2 Å². The van der Waals surface area contributed by atoms with Crippen molar-refractivity contribution in [2.45, 2.75) is 33.7 Å². The summed E-state index contributed by atoms with van der Waals surface area (Å²) in [6, 6.07) is 2.62. The van der Waals surface area contributed by atoms with Crippen molar-refractivity contribution >= 4 is 11.6 Å². The summed E-state index contributed by atoms with van der Waals surface area (Å²) < 4.78 is 13.1. The molecule has 104 valence electrons. The maximum absolute atomic E-state index is 13.1. The average molecular weight is 268 g/mol. The number of nitrogens with one attached hydrogen (secondary N) is 1. The number of halogens is 1. The second-order valence-corrected chi connectivity index (χ2v) is 5.48. The van der Waals surface area contributed by atoms with Crippen molar-refractivity contribution in [1.29, 1.82) is 0 Å². The number of nitrogens with zero attached hydrogens (tertiary/aromatic N) is 1. The van der Waals surface area contributed by atoms with Crippen molar-refractivity contribution < 1.29 is 14.1 Å². The van der Waals surface area contributed by atoms with E-state index in [4.69, 9.17) is 0 Å². The van der Waals surface area contributed by atoms with Crippen molar-refractivity contribution in [3.8, 4) is 0 Å². The average Bonchev–Trinajstić information content (AvgIpc) is 2.26. The Balaban J connectivity index is 3.06. The molecule has 0 heterocycles. The monoisotopic (exact) mass is 268 g/mol. The van der Waals surface area contributed by atoms with Gasteiger partial charge in [0.2, 0.25) is 0 Å². The molecule has 0 aromatic heterocycles. The Morgan fingerprint density at radius 2 is 2.00 bits per heavy atom. The lowest BCUT2D eigenvalue weighted by atomic mass is 9.88. The molecular weight excluding hydrogens is 251 g/mol. The topological polar surface area (TPSA) is 72.2 Å². The van der Waals surface area contributed by atoms with Crippen LogP contribution in [0.25, 0.3) is 0 Å². The van der Waals surface area contributed by atoms with E-state index in [0.717, 1.165) is 18.2 Å². The third-order valence-electron chi connectivity index (χ3n) is 3.05. The molecule has 1 aromatic carbocycles. The Kier molecular flexibility index (Phi) is 4.24. The van der Waals surface area contributed by atoms with Crippen LogP contribution in [0.4, 0.5) is 10.1 Å². The standard InChI is InChI=1S/C13H17FN2O3/c1-8(13(2,3)4)15-12(17)10-7-9(14)5-6-11(10)16(18)19/h5-8H,1-4H3,(H,15,17). The predicted octanol–water partition coefficient (Wildman–Crippen LogP) is 2.90. The van der Waals surface area contributed by atoms with Gasteiger partial charge < -0.3 is 5.32 Å². The lowest BCUT2D eigenvalue weighted by Crippen LogP contribution is -2.41. The quantitative estimate of drug-likeness (QED) is 0.676. The molecule has 1 unspecified atom stereocenters. The fourth-order valence-electron chi connectivity index (χ4n) is 1.34. The Morgan fingerprint density at radius 3 is 2.47 bits per heavy atom. The summed E-state index contributed by atoms with van der Waals surface area (Å²) in [6.45, 7) is 7.58. The van der Waals surface area contributed by atoms with Crippen LogP contribution < -0.4 is 5.32 Å². The van der Waals surface area contributed by atoms with Gasteiger partial charge in [-0.2, -0.15) is 0 Å². The van der Waals surface area contributed by atoms with Gasteiger partial charge >= 0.3 is 0 Å². The molecule has 0 radical (unpaired) electrons. The van der Waals surface area contributed by atoms with Crippen LogP contribution >= 0.6 is 0 Å². The summed E-state index contributed by atoms with van der Waals surface area (Å²) in [7, 11) is 0. The molecule has 19 heavy (non-hydrogen) atoms. The minimum Gasteiger partial charge on any atom is -0.349 e. The highest BCUT2D eigenvalue weighted by Crippen LogP contribution is 2.22. The first-order valence-corrected chi connectivity index (χ1v) is 5.87. The molecule has 0 spiro atoms. The van der Waals surface area contributed by atoms with Crippen molar-refractivity contribution in [3.05, 3.63) is 39.7 Å². The van der Waals surface area contributed by atoms with E-state index in [9.17, 15) is 19.3 Å². The molecule has 1 N–H and O–H groups in total. The highest BCUT2D eigenvalue weighted by molar-refractivity contribution is 5.98. The highest BCUT2D eigenvalue weighted by atomic mass is 19.1. The third-order valence-corrected chi connectivity index (χ3v) is 3.05. The minimum atomic E-state index is -0.698. The molecule has 0 saturated carbocycles. The smallest absolute Gasteiger partial charge is 0.282 e. The van der Waals surface area contributed by atoms with Crippen LogP contribution in [0.5, 0.6) is 0 Å². The molecule has 1 aromatic rings. The molecule has 0 aliphatic heterocycles. The third kappa shape index (κ3) is 3.74. The number of nitro benzene ring substituents is 1. The number of carbonyl (C=O) groups excluding carboxylic acids is 1. The molecule has 0 fully saturated rings. The van der Waals surface area contributed by atoms with E-state index in [1.54, 1.807) is 6.92 Å². The van der Waals surface area contributed by atoms with Crippen molar-refractivity contribution in [2.75, 3.05) is 0 Å². The van der Waals surface area contributed by atoms with Gasteiger partial charge in [0.15, 0.2) is 0 Å². The summed E-state index contributed by atoms with van der Waals surface area (Å²) in [5.41, 5.74) is -0.862. The van der Waals surface area contributed by atoms with Crippen LogP contribution in [0, 0.1) is 21.3 Å². The molecule has 1 atom stereocenters. The summed E-state index contributed by atoms with van der Waals surface area (Å²) in [4.78, 5) is 22.1. The fourth-order valence-corrected chi connectivity index (χ4v) is 1.34. The maximum Gasteiger partial charge on any atom is 0.282 e. The molecule has 0 aliphatic rings. The van der Waals surface area contributed by atoms with E-state index >= 15 is 0 Å². The fraction of sp³-hybridized carbons (Fsp3) is 0.462. The van der Waals surface area contributed by atoms with E-state index in [2.05, 4.69) is 5.32 Å². The first-order chi connectivity index (χ1) is 8.62. The van der Waals surface area contributed by atoms with E-state index < -0.39 is 22.3 Å². The molecule has 6 heteroatoms. The van der Waals surface area contributed by atoms with Gasteiger partial charge in [0, 0.05) is 12.1 Å². The highest BCUT2D eigenvalue weighted by Gasteiger charge is 2.26. The van der Waals surface area contributed by atoms with Gasteiger partial charge in [0.1, 0.15) is 11.4 Å². The predicted molar refractivity (Wildman–Crippen MR) is 69.4 cm³/mol.